The quantitative estimate of drug-likeness (QED) is 0.718. The number of ether oxygens (including phenoxy) is 1. The highest BCUT2D eigenvalue weighted by Crippen LogP contribution is 1.97. The first-order valence-corrected chi connectivity index (χ1v) is 4.06. The summed E-state index contributed by atoms with van der Waals surface area (Å²) in [6.07, 6.45) is 2.49. The van der Waals surface area contributed by atoms with Crippen LogP contribution in [0, 0.1) is 0 Å². The second-order valence-corrected chi connectivity index (χ2v) is 2.51. The summed E-state index contributed by atoms with van der Waals surface area (Å²) in [6.45, 7) is 2.40. The molecule has 0 spiro atoms. The van der Waals surface area contributed by atoms with E-state index in [0.29, 0.717) is 6.61 Å². The number of carboxylic acid groups (broad SMARTS) is 1. The van der Waals surface area contributed by atoms with Gasteiger partial charge in [0.2, 0.25) is 0 Å². The van der Waals surface area contributed by atoms with Crippen LogP contribution >= 0.6 is 0 Å². The van der Waals surface area contributed by atoms with Crippen LogP contribution in [0.3, 0.4) is 0 Å². The van der Waals surface area contributed by atoms with E-state index in [0.717, 1.165) is 0 Å². The largest absolute Gasteiger partial charge is 0.479 e. The molecular formula is C8H12N2O3. The zero-order valence-corrected chi connectivity index (χ0v) is 7.38. The topological polar surface area (TPSA) is 64.4 Å². The average Bonchev–Trinajstić information content (AvgIpc) is 2.56. The molecule has 1 aromatic heterocycles. The van der Waals surface area contributed by atoms with Crippen molar-refractivity contribution in [2.45, 2.75) is 19.6 Å². The summed E-state index contributed by atoms with van der Waals surface area (Å²) in [6, 6.07) is 1.74. The normalized spacial score (nSPS) is 12.7. The van der Waals surface area contributed by atoms with Crippen LogP contribution in [0.15, 0.2) is 18.5 Å². The summed E-state index contributed by atoms with van der Waals surface area (Å²) in [4.78, 5) is 10.6. The molecule has 1 rings (SSSR count). The van der Waals surface area contributed by atoms with Crippen molar-refractivity contribution in [2.24, 2.45) is 0 Å². The highest BCUT2D eigenvalue weighted by molar-refractivity contribution is 5.72. The summed E-state index contributed by atoms with van der Waals surface area (Å²) in [7, 11) is 0. The van der Waals surface area contributed by atoms with Crippen molar-refractivity contribution in [2.75, 3.05) is 6.61 Å². The summed E-state index contributed by atoms with van der Waals surface area (Å²) in [5.74, 6) is -0.961. The Bertz CT molecular complexity index is 258. The van der Waals surface area contributed by atoms with E-state index in [-0.39, 0.29) is 6.54 Å². The molecule has 0 bridgehead atoms. The van der Waals surface area contributed by atoms with E-state index in [2.05, 4.69) is 5.10 Å². The molecule has 0 radical (unpaired) electrons. The number of aromatic nitrogens is 2. The number of hydrogen-bond donors (Lipinski definition) is 1. The predicted octanol–water partition coefficient (Wildman–Crippen LogP) is 0.373. The van der Waals surface area contributed by atoms with Gasteiger partial charge >= 0.3 is 5.97 Å². The first-order chi connectivity index (χ1) is 6.24. The molecule has 0 aliphatic rings. The molecule has 1 aromatic rings. The van der Waals surface area contributed by atoms with Gasteiger partial charge in [0.1, 0.15) is 0 Å². The average molecular weight is 184 g/mol. The Morgan fingerprint density at radius 2 is 2.54 bits per heavy atom. The fourth-order valence-corrected chi connectivity index (χ4v) is 0.982. The highest BCUT2D eigenvalue weighted by Gasteiger charge is 2.17. The SMILES string of the molecule is CCOC(Cn1cccn1)C(=O)O. The monoisotopic (exact) mass is 184 g/mol. The van der Waals surface area contributed by atoms with Crippen LogP contribution in [0.5, 0.6) is 0 Å². The van der Waals surface area contributed by atoms with Crippen molar-refractivity contribution in [3.63, 3.8) is 0 Å². The van der Waals surface area contributed by atoms with Gasteiger partial charge in [-0.2, -0.15) is 5.10 Å². The zero-order valence-electron chi connectivity index (χ0n) is 7.38. The van der Waals surface area contributed by atoms with Crippen molar-refractivity contribution in [1.82, 2.24) is 9.78 Å². The van der Waals surface area contributed by atoms with E-state index >= 15 is 0 Å². The van der Waals surface area contributed by atoms with Gasteiger partial charge < -0.3 is 9.84 Å². The second kappa shape index (κ2) is 4.61. The highest BCUT2D eigenvalue weighted by atomic mass is 16.5. The standard InChI is InChI=1S/C8H12N2O3/c1-2-13-7(8(11)12)6-10-5-3-4-9-10/h3-5,7H,2,6H2,1H3,(H,11,12). The fourth-order valence-electron chi connectivity index (χ4n) is 0.982. The number of carbonyl (C=O) groups is 1. The van der Waals surface area contributed by atoms with E-state index in [9.17, 15) is 4.79 Å². The van der Waals surface area contributed by atoms with Crippen molar-refractivity contribution in [1.29, 1.82) is 0 Å². The van der Waals surface area contributed by atoms with Crippen LogP contribution < -0.4 is 0 Å². The minimum Gasteiger partial charge on any atom is -0.479 e. The molecule has 0 aromatic carbocycles. The second-order valence-electron chi connectivity index (χ2n) is 2.51. The molecule has 1 unspecified atom stereocenters. The van der Waals surface area contributed by atoms with Crippen LogP contribution in [-0.4, -0.2) is 33.6 Å². The van der Waals surface area contributed by atoms with Crippen LogP contribution in [0.25, 0.3) is 0 Å². The number of aliphatic carboxylic acids is 1. The summed E-state index contributed by atoms with van der Waals surface area (Å²) in [5, 5.41) is 12.6. The van der Waals surface area contributed by atoms with E-state index < -0.39 is 12.1 Å². The van der Waals surface area contributed by atoms with E-state index in [1.54, 1.807) is 25.4 Å². The van der Waals surface area contributed by atoms with Gasteiger partial charge in [0.15, 0.2) is 6.10 Å². The lowest BCUT2D eigenvalue weighted by molar-refractivity contribution is -0.151. The molecule has 0 aliphatic carbocycles. The number of nitrogens with zero attached hydrogens (tertiary/aromatic N) is 2. The van der Waals surface area contributed by atoms with Gasteiger partial charge in [-0.1, -0.05) is 0 Å². The maximum atomic E-state index is 10.6. The Labute approximate surface area is 75.9 Å². The third-order valence-corrected chi connectivity index (χ3v) is 1.56. The smallest absolute Gasteiger partial charge is 0.334 e. The van der Waals surface area contributed by atoms with Crippen molar-refractivity contribution >= 4 is 5.97 Å². The first kappa shape index (κ1) is 9.73. The van der Waals surface area contributed by atoms with Crippen molar-refractivity contribution in [3.05, 3.63) is 18.5 Å². The van der Waals surface area contributed by atoms with Gasteiger partial charge in [0, 0.05) is 19.0 Å². The van der Waals surface area contributed by atoms with Crippen LogP contribution in [0.1, 0.15) is 6.92 Å². The van der Waals surface area contributed by atoms with Gasteiger partial charge in [0.25, 0.3) is 0 Å². The maximum Gasteiger partial charge on any atom is 0.334 e. The molecule has 0 saturated carbocycles. The molecule has 0 saturated heterocycles. The molecule has 1 N–H and O–H groups in total. The third-order valence-electron chi connectivity index (χ3n) is 1.56. The van der Waals surface area contributed by atoms with E-state index in [1.165, 1.54) is 4.68 Å². The van der Waals surface area contributed by atoms with Gasteiger partial charge in [-0.15, -0.1) is 0 Å². The lowest BCUT2D eigenvalue weighted by atomic mass is 10.3. The first-order valence-electron chi connectivity index (χ1n) is 4.06. The van der Waals surface area contributed by atoms with Crippen LogP contribution in [0.4, 0.5) is 0 Å². The van der Waals surface area contributed by atoms with Gasteiger partial charge in [-0.05, 0) is 13.0 Å². The molecule has 13 heavy (non-hydrogen) atoms. The molecule has 5 nitrogen and oxygen atoms in total. The molecule has 72 valence electrons. The maximum absolute atomic E-state index is 10.6. The number of carboxylic acids is 1. The molecular weight excluding hydrogens is 172 g/mol. The molecule has 1 heterocycles. The van der Waals surface area contributed by atoms with Gasteiger partial charge in [-0.25, -0.2) is 4.79 Å². The zero-order chi connectivity index (χ0) is 9.68. The van der Waals surface area contributed by atoms with E-state index in [4.69, 9.17) is 9.84 Å². The third kappa shape index (κ3) is 2.87. The van der Waals surface area contributed by atoms with Gasteiger partial charge in [0.05, 0.1) is 6.54 Å². The van der Waals surface area contributed by atoms with Gasteiger partial charge in [-0.3, -0.25) is 4.68 Å². The predicted molar refractivity (Wildman–Crippen MR) is 45.3 cm³/mol. The molecule has 0 amide bonds. The van der Waals surface area contributed by atoms with Crippen molar-refractivity contribution < 1.29 is 14.6 Å². The lowest BCUT2D eigenvalue weighted by Gasteiger charge is -2.11. The van der Waals surface area contributed by atoms with Crippen molar-refractivity contribution in [3.8, 4) is 0 Å². The van der Waals surface area contributed by atoms with E-state index in [1.807, 2.05) is 0 Å². The molecule has 0 fully saturated rings. The summed E-state index contributed by atoms with van der Waals surface area (Å²) in [5.41, 5.74) is 0. The Kier molecular flexibility index (Phi) is 3.45. The Hall–Kier alpha value is -1.36. The Morgan fingerprint density at radius 3 is 3.00 bits per heavy atom. The minimum absolute atomic E-state index is 0.246. The summed E-state index contributed by atoms with van der Waals surface area (Å²) < 4.78 is 6.55. The Balaban J connectivity index is 2.52. The molecule has 0 aliphatic heterocycles. The number of hydrogen-bond acceptors (Lipinski definition) is 3. The number of rotatable bonds is 5. The van der Waals surface area contributed by atoms with Crippen LogP contribution in [-0.2, 0) is 16.1 Å². The summed E-state index contributed by atoms with van der Waals surface area (Å²) >= 11 is 0. The lowest BCUT2D eigenvalue weighted by Crippen LogP contribution is -2.29. The molecule has 1 atom stereocenters. The van der Waals surface area contributed by atoms with Crippen LogP contribution in [0.2, 0.25) is 0 Å². The minimum atomic E-state index is -0.961. The molecule has 5 heteroatoms. The Morgan fingerprint density at radius 1 is 1.77 bits per heavy atom. The fraction of sp³-hybridized carbons (Fsp3) is 0.500.